The van der Waals surface area contributed by atoms with Crippen LogP contribution in [0.25, 0.3) is 0 Å². The molecule has 1 heterocycles. The predicted octanol–water partition coefficient (Wildman–Crippen LogP) is 3.53. The van der Waals surface area contributed by atoms with Gasteiger partial charge in [-0.05, 0) is 42.3 Å². The molecule has 0 atom stereocenters. The maximum Gasteiger partial charge on any atom is 0.255 e. The molecule has 0 unspecified atom stereocenters. The van der Waals surface area contributed by atoms with Gasteiger partial charge < -0.3 is 10.6 Å². The molecule has 2 aromatic carbocycles. The first-order valence-electron chi connectivity index (χ1n) is 6.71. The Morgan fingerprint density at radius 3 is 2.55 bits per heavy atom. The Morgan fingerprint density at radius 1 is 1.09 bits per heavy atom. The van der Waals surface area contributed by atoms with Crippen LogP contribution < -0.4 is 10.6 Å². The zero-order valence-corrected chi connectivity index (χ0v) is 13.0. The van der Waals surface area contributed by atoms with E-state index in [2.05, 4.69) is 10.6 Å². The number of hydrogen-bond donors (Lipinski definition) is 2. The Kier molecular flexibility index (Phi) is 4.05. The molecule has 2 aromatic rings. The Morgan fingerprint density at radius 2 is 1.82 bits per heavy atom. The van der Waals surface area contributed by atoms with E-state index in [1.54, 1.807) is 18.2 Å². The van der Waals surface area contributed by atoms with Gasteiger partial charge in [-0.3, -0.25) is 9.59 Å². The summed E-state index contributed by atoms with van der Waals surface area (Å²) in [6.07, 6.45) is 0.791. The zero-order valence-electron chi connectivity index (χ0n) is 11.5. The summed E-state index contributed by atoms with van der Waals surface area (Å²) in [4.78, 5) is 24.1. The van der Waals surface area contributed by atoms with Gasteiger partial charge in [0, 0.05) is 33.4 Å². The van der Waals surface area contributed by atoms with Crippen molar-refractivity contribution in [3.8, 4) is 0 Å². The largest absolute Gasteiger partial charge is 0.352 e. The molecule has 2 amide bonds. The van der Waals surface area contributed by atoms with Crippen molar-refractivity contribution in [1.82, 2.24) is 5.32 Å². The summed E-state index contributed by atoms with van der Waals surface area (Å²) in [5, 5.41) is 6.31. The third kappa shape index (κ3) is 3.08. The van der Waals surface area contributed by atoms with Crippen molar-refractivity contribution in [1.29, 1.82) is 0 Å². The first-order chi connectivity index (χ1) is 10.5. The number of halogens is 2. The maximum absolute atomic E-state index is 12.2. The number of rotatable bonds is 2. The van der Waals surface area contributed by atoms with Crippen LogP contribution in [-0.2, 0) is 6.42 Å². The van der Waals surface area contributed by atoms with E-state index in [9.17, 15) is 9.59 Å². The Bertz CT molecular complexity index is 754. The molecule has 0 fully saturated rings. The summed E-state index contributed by atoms with van der Waals surface area (Å²) in [5.74, 6) is -0.455. The quantitative estimate of drug-likeness (QED) is 0.882. The summed E-state index contributed by atoms with van der Waals surface area (Å²) in [6.45, 7) is 0.637. The minimum Gasteiger partial charge on any atom is -0.352 e. The van der Waals surface area contributed by atoms with Gasteiger partial charge in [-0.1, -0.05) is 29.3 Å². The highest BCUT2D eigenvalue weighted by atomic mass is 35.5. The number of benzene rings is 2. The van der Waals surface area contributed by atoms with Crippen LogP contribution in [0.2, 0.25) is 10.0 Å². The first kappa shape index (κ1) is 14.9. The van der Waals surface area contributed by atoms with E-state index in [1.807, 2.05) is 6.07 Å². The van der Waals surface area contributed by atoms with Gasteiger partial charge in [0.1, 0.15) is 0 Å². The molecule has 6 heteroatoms. The van der Waals surface area contributed by atoms with Crippen molar-refractivity contribution >= 4 is 40.7 Å². The number of carbonyl (C=O) groups excluding carboxylic acids is 2. The van der Waals surface area contributed by atoms with Gasteiger partial charge in [-0.25, -0.2) is 0 Å². The first-order valence-corrected chi connectivity index (χ1v) is 7.47. The van der Waals surface area contributed by atoms with Crippen molar-refractivity contribution in [3.05, 3.63) is 63.1 Å². The summed E-state index contributed by atoms with van der Waals surface area (Å²) in [7, 11) is 0. The number of nitrogens with one attached hydrogen (secondary N) is 2. The second-order valence-electron chi connectivity index (χ2n) is 4.99. The van der Waals surface area contributed by atoms with Crippen molar-refractivity contribution in [2.24, 2.45) is 0 Å². The van der Waals surface area contributed by atoms with Crippen molar-refractivity contribution < 1.29 is 9.59 Å². The van der Waals surface area contributed by atoms with Gasteiger partial charge in [0.25, 0.3) is 11.8 Å². The second-order valence-corrected chi connectivity index (χ2v) is 5.86. The number of hydrogen-bond acceptors (Lipinski definition) is 2. The SMILES string of the molecule is O=C(Nc1ccc2c(c1)C(=O)NCC2)c1cc(Cl)cc(Cl)c1. The van der Waals surface area contributed by atoms with Crippen LogP contribution in [0.15, 0.2) is 36.4 Å². The van der Waals surface area contributed by atoms with Crippen LogP contribution in [0.1, 0.15) is 26.3 Å². The summed E-state index contributed by atoms with van der Waals surface area (Å²) < 4.78 is 0. The average molecular weight is 335 g/mol. The molecule has 0 aliphatic carbocycles. The van der Waals surface area contributed by atoms with Gasteiger partial charge in [0.2, 0.25) is 0 Å². The lowest BCUT2D eigenvalue weighted by Crippen LogP contribution is -2.31. The summed E-state index contributed by atoms with van der Waals surface area (Å²) in [6, 6.07) is 9.94. The van der Waals surface area contributed by atoms with Gasteiger partial charge in [-0.15, -0.1) is 0 Å². The van der Waals surface area contributed by atoms with Crippen molar-refractivity contribution in [3.63, 3.8) is 0 Å². The van der Waals surface area contributed by atoms with E-state index in [0.717, 1.165) is 12.0 Å². The van der Waals surface area contributed by atoms with Crippen LogP contribution in [0, 0.1) is 0 Å². The van der Waals surface area contributed by atoms with Crippen LogP contribution in [-0.4, -0.2) is 18.4 Å². The van der Waals surface area contributed by atoms with Crippen molar-refractivity contribution in [2.75, 3.05) is 11.9 Å². The van der Waals surface area contributed by atoms with Crippen molar-refractivity contribution in [2.45, 2.75) is 6.42 Å². The summed E-state index contributed by atoms with van der Waals surface area (Å²) in [5.41, 5.74) is 2.48. The van der Waals surface area contributed by atoms with E-state index >= 15 is 0 Å². The number of anilines is 1. The highest BCUT2D eigenvalue weighted by Gasteiger charge is 2.17. The van der Waals surface area contributed by atoms with Crippen LogP contribution >= 0.6 is 23.2 Å². The molecule has 1 aliphatic heterocycles. The van der Waals surface area contributed by atoms with E-state index in [0.29, 0.717) is 33.4 Å². The molecule has 0 radical (unpaired) electrons. The molecule has 3 rings (SSSR count). The number of amides is 2. The molecule has 0 bridgehead atoms. The van der Waals surface area contributed by atoms with E-state index in [1.165, 1.54) is 12.1 Å². The molecule has 22 heavy (non-hydrogen) atoms. The highest BCUT2D eigenvalue weighted by Crippen LogP contribution is 2.22. The van der Waals surface area contributed by atoms with Gasteiger partial charge in [0.05, 0.1) is 0 Å². The molecule has 1 aliphatic rings. The Hall–Kier alpha value is -2.04. The second kappa shape index (κ2) is 5.99. The third-order valence-corrected chi connectivity index (χ3v) is 3.85. The normalized spacial score (nSPS) is 13.3. The Labute approximate surface area is 137 Å². The fourth-order valence-electron chi connectivity index (χ4n) is 2.38. The number of fused-ring (bicyclic) bond motifs is 1. The molecular weight excluding hydrogens is 323 g/mol. The fraction of sp³-hybridized carbons (Fsp3) is 0.125. The van der Waals surface area contributed by atoms with Crippen LogP contribution in [0.5, 0.6) is 0 Å². The fourth-order valence-corrected chi connectivity index (χ4v) is 2.90. The smallest absolute Gasteiger partial charge is 0.255 e. The zero-order chi connectivity index (χ0) is 15.7. The molecule has 0 saturated heterocycles. The van der Waals surface area contributed by atoms with Gasteiger partial charge >= 0.3 is 0 Å². The third-order valence-electron chi connectivity index (χ3n) is 3.42. The number of carbonyl (C=O) groups is 2. The highest BCUT2D eigenvalue weighted by molar-refractivity contribution is 6.35. The monoisotopic (exact) mass is 334 g/mol. The summed E-state index contributed by atoms with van der Waals surface area (Å²) >= 11 is 11.8. The van der Waals surface area contributed by atoms with E-state index in [4.69, 9.17) is 23.2 Å². The molecule has 2 N–H and O–H groups in total. The Balaban J connectivity index is 1.85. The molecule has 0 spiro atoms. The van der Waals surface area contributed by atoms with Gasteiger partial charge in [-0.2, -0.15) is 0 Å². The topological polar surface area (TPSA) is 58.2 Å². The minimum absolute atomic E-state index is 0.122. The van der Waals surface area contributed by atoms with E-state index in [-0.39, 0.29) is 11.8 Å². The lowest BCUT2D eigenvalue weighted by atomic mass is 10.00. The lowest BCUT2D eigenvalue weighted by molar-refractivity contribution is 0.0944. The maximum atomic E-state index is 12.2. The minimum atomic E-state index is -0.333. The predicted molar refractivity (Wildman–Crippen MR) is 86.9 cm³/mol. The molecule has 4 nitrogen and oxygen atoms in total. The molecular formula is C16H12Cl2N2O2. The standard InChI is InChI=1S/C16H12Cl2N2O2/c17-11-5-10(6-12(18)7-11)15(21)20-13-2-1-9-3-4-19-16(22)14(9)8-13/h1-2,5-8H,3-4H2,(H,19,22)(H,20,21). The average Bonchev–Trinajstić information content (AvgIpc) is 2.47. The van der Waals surface area contributed by atoms with Gasteiger partial charge in [0.15, 0.2) is 0 Å². The van der Waals surface area contributed by atoms with Crippen LogP contribution in [0.3, 0.4) is 0 Å². The van der Waals surface area contributed by atoms with E-state index < -0.39 is 0 Å². The van der Waals surface area contributed by atoms with Crippen LogP contribution in [0.4, 0.5) is 5.69 Å². The molecule has 0 aromatic heterocycles. The molecule has 0 saturated carbocycles. The lowest BCUT2D eigenvalue weighted by Gasteiger charge is -2.17. The molecule has 112 valence electrons.